The second-order valence-electron chi connectivity index (χ2n) is 6.23. The number of aliphatic hydroxyl groups excluding tert-OH is 1. The number of hydrogen-bond donors (Lipinski definition) is 2. The lowest BCUT2D eigenvalue weighted by atomic mass is 9.85. The maximum Gasteiger partial charge on any atom is 0.283 e. The van der Waals surface area contributed by atoms with E-state index in [-0.39, 0.29) is 24.1 Å². The van der Waals surface area contributed by atoms with Crippen LogP contribution in [0.4, 0.5) is 5.69 Å². The number of anilines is 1. The van der Waals surface area contributed by atoms with Crippen LogP contribution in [-0.4, -0.2) is 27.5 Å². The molecule has 0 spiro atoms. The van der Waals surface area contributed by atoms with Gasteiger partial charge in [-0.3, -0.25) is 4.79 Å². The van der Waals surface area contributed by atoms with Crippen molar-refractivity contribution < 1.29 is 5.11 Å². The SMILES string of the molecule is CC(C)Cn1ncc(NC2CCCCC2CO)c(Br)c1=O. The van der Waals surface area contributed by atoms with Crippen molar-refractivity contribution in [1.29, 1.82) is 0 Å². The molecule has 1 aromatic heterocycles. The zero-order valence-electron chi connectivity index (χ0n) is 12.7. The highest BCUT2D eigenvalue weighted by Crippen LogP contribution is 2.28. The highest BCUT2D eigenvalue weighted by atomic mass is 79.9. The number of halogens is 1. The van der Waals surface area contributed by atoms with E-state index in [1.807, 2.05) is 0 Å². The fraction of sp³-hybridized carbons (Fsp3) is 0.733. The molecule has 1 aliphatic rings. The molecule has 1 aromatic rings. The van der Waals surface area contributed by atoms with Gasteiger partial charge in [-0.15, -0.1) is 0 Å². The Bertz CT molecular complexity index is 530. The normalized spacial score (nSPS) is 22.5. The van der Waals surface area contributed by atoms with Crippen LogP contribution in [0.25, 0.3) is 0 Å². The fourth-order valence-electron chi connectivity index (χ4n) is 2.86. The Balaban J connectivity index is 2.17. The van der Waals surface area contributed by atoms with E-state index < -0.39 is 0 Å². The van der Waals surface area contributed by atoms with Gasteiger partial charge in [0.1, 0.15) is 4.47 Å². The lowest BCUT2D eigenvalue weighted by Gasteiger charge is -2.31. The number of nitrogens with zero attached hydrogens (tertiary/aromatic N) is 2. The predicted molar refractivity (Wildman–Crippen MR) is 87.5 cm³/mol. The first-order valence-corrected chi connectivity index (χ1v) is 8.45. The molecule has 1 fully saturated rings. The molecule has 0 aromatic carbocycles. The topological polar surface area (TPSA) is 67.2 Å². The van der Waals surface area contributed by atoms with Gasteiger partial charge in [0.05, 0.1) is 11.9 Å². The van der Waals surface area contributed by atoms with Crippen molar-refractivity contribution in [3.8, 4) is 0 Å². The third kappa shape index (κ3) is 4.07. The second kappa shape index (κ2) is 7.40. The molecule has 0 aliphatic heterocycles. The van der Waals surface area contributed by atoms with Gasteiger partial charge in [0.25, 0.3) is 5.56 Å². The Morgan fingerprint density at radius 3 is 2.86 bits per heavy atom. The number of nitrogens with one attached hydrogen (secondary N) is 1. The van der Waals surface area contributed by atoms with E-state index in [4.69, 9.17) is 0 Å². The summed E-state index contributed by atoms with van der Waals surface area (Å²) in [6.07, 6.45) is 6.08. The van der Waals surface area contributed by atoms with Gasteiger partial charge in [0, 0.05) is 25.1 Å². The van der Waals surface area contributed by atoms with Gasteiger partial charge in [-0.25, -0.2) is 4.68 Å². The number of aliphatic hydroxyl groups is 1. The smallest absolute Gasteiger partial charge is 0.283 e. The van der Waals surface area contributed by atoms with E-state index in [2.05, 4.69) is 40.2 Å². The molecule has 2 N–H and O–H groups in total. The Morgan fingerprint density at radius 1 is 1.48 bits per heavy atom. The molecule has 2 rings (SSSR count). The third-order valence-corrected chi connectivity index (χ3v) is 4.77. The van der Waals surface area contributed by atoms with Crippen molar-refractivity contribution in [2.75, 3.05) is 11.9 Å². The maximum atomic E-state index is 12.3. The van der Waals surface area contributed by atoms with Gasteiger partial charge in [-0.2, -0.15) is 5.10 Å². The minimum Gasteiger partial charge on any atom is -0.396 e. The summed E-state index contributed by atoms with van der Waals surface area (Å²) in [5.41, 5.74) is 0.621. The van der Waals surface area contributed by atoms with Gasteiger partial charge >= 0.3 is 0 Å². The van der Waals surface area contributed by atoms with Crippen LogP contribution in [0.1, 0.15) is 39.5 Å². The Morgan fingerprint density at radius 2 is 2.19 bits per heavy atom. The molecule has 2 atom stereocenters. The molecule has 1 aliphatic carbocycles. The van der Waals surface area contributed by atoms with E-state index in [0.717, 1.165) is 24.9 Å². The Hall–Kier alpha value is -0.880. The van der Waals surface area contributed by atoms with Crippen LogP contribution in [0.2, 0.25) is 0 Å². The molecule has 0 bridgehead atoms. The molecule has 1 saturated carbocycles. The van der Waals surface area contributed by atoms with Crippen LogP contribution in [0, 0.1) is 11.8 Å². The zero-order valence-corrected chi connectivity index (χ0v) is 14.3. The summed E-state index contributed by atoms with van der Waals surface area (Å²) in [5.74, 6) is 0.627. The summed E-state index contributed by atoms with van der Waals surface area (Å²) in [6.45, 7) is 4.91. The van der Waals surface area contributed by atoms with E-state index in [0.29, 0.717) is 16.9 Å². The molecule has 5 nitrogen and oxygen atoms in total. The second-order valence-corrected chi connectivity index (χ2v) is 7.02. The van der Waals surface area contributed by atoms with Gasteiger partial charge in [0.2, 0.25) is 0 Å². The first-order chi connectivity index (χ1) is 10.0. The van der Waals surface area contributed by atoms with Crippen LogP contribution >= 0.6 is 15.9 Å². The quantitative estimate of drug-likeness (QED) is 0.849. The van der Waals surface area contributed by atoms with Crippen molar-refractivity contribution in [3.05, 3.63) is 21.0 Å². The highest BCUT2D eigenvalue weighted by Gasteiger charge is 2.25. The van der Waals surface area contributed by atoms with Crippen molar-refractivity contribution in [2.24, 2.45) is 11.8 Å². The predicted octanol–water partition coefficient (Wildman–Crippen LogP) is 2.62. The van der Waals surface area contributed by atoms with Crippen LogP contribution in [-0.2, 0) is 6.54 Å². The molecule has 118 valence electrons. The standard InChI is InChI=1S/C15H24BrN3O2/c1-10(2)8-19-15(21)14(16)13(7-17-19)18-12-6-4-3-5-11(12)9-20/h7,10-12,18,20H,3-6,8-9H2,1-2H3. The van der Waals surface area contributed by atoms with E-state index in [1.54, 1.807) is 6.20 Å². The molecule has 0 saturated heterocycles. The summed E-state index contributed by atoms with van der Waals surface area (Å²) in [4.78, 5) is 12.3. The molecule has 0 amide bonds. The molecular weight excluding hydrogens is 334 g/mol. The monoisotopic (exact) mass is 357 g/mol. The molecule has 0 radical (unpaired) electrons. The Labute approximate surface area is 133 Å². The summed E-state index contributed by atoms with van der Waals surface area (Å²) in [7, 11) is 0. The Kier molecular flexibility index (Phi) is 5.81. The van der Waals surface area contributed by atoms with Crippen molar-refractivity contribution >= 4 is 21.6 Å². The van der Waals surface area contributed by atoms with E-state index in [9.17, 15) is 9.90 Å². The molecule has 6 heteroatoms. The van der Waals surface area contributed by atoms with Crippen LogP contribution in [0.3, 0.4) is 0 Å². The third-order valence-electron chi connectivity index (χ3n) is 4.01. The number of aromatic nitrogens is 2. The lowest BCUT2D eigenvalue weighted by molar-refractivity contribution is 0.178. The van der Waals surface area contributed by atoms with Crippen LogP contribution in [0.15, 0.2) is 15.5 Å². The van der Waals surface area contributed by atoms with Crippen molar-refractivity contribution in [3.63, 3.8) is 0 Å². The lowest BCUT2D eigenvalue weighted by Crippen LogP contribution is -2.35. The molecular formula is C15H24BrN3O2. The number of rotatable bonds is 5. The first-order valence-electron chi connectivity index (χ1n) is 7.66. The molecule has 1 heterocycles. The maximum absolute atomic E-state index is 12.3. The molecule has 21 heavy (non-hydrogen) atoms. The summed E-state index contributed by atoms with van der Waals surface area (Å²) in [6, 6.07) is 0.210. The van der Waals surface area contributed by atoms with Crippen LogP contribution in [0.5, 0.6) is 0 Å². The summed E-state index contributed by atoms with van der Waals surface area (Å²) >= 11 is 3.39. The average Bonchev–Trinajstić information content (AvgIpc) is 2.47. The summed E-state index contributed by atoms with van der Waals surface area (Å²) < 4.78 is 2.02. The summed E-state index contributed by atoms with van der Waals surface area (Å²) in [5, 5.41) is 17.1. The van der Waals surface area contributed by atoms with Gasteiger partial charge in [0.15, 0.2) is 0 Å². The van der Waals surface area contributed by atoms with Gasteiger partial charge in [-0.05, 0) is 34.7 Å². The van der Waals surface area contributed by atoms with Gasteiger partial charge < -0.3 is 10.4 Å². The van der Waals surface area contributed by atoms with Crippen molar-refractivity contribution in [2.45, 2.75) is 52.1 Å². The number of hydrogen-bond acceptors (Lipinski definition) is 4. The minimum atomic E-state index is -0.106. The molecule has 2 unspecified atom stereocenters. The fourth-order valence-corrected chi connectivity index (χ4v) is 3.28. The van der Waals surface area contributed by atoms with E-state index in [1.165, 1.54) is 11.1 Å². The van der Waals surface area contributed by atoms with Crippen LogP contribution < -0.4 is 10.9 Å². The highest BCUT2D eigenvalue weighted by molar-refractivity contribution is 9.10. The van der Waals surface area contributed by atoms with Gasteiger partial charge in [-0.1, -0.05) is 26.7 Å². The largest absolute Gasteiger partial charge is 0.396 e. The first kappa shape index (κ1) is 16.5. The average molecular weight is 358 g/mol. The van der Waals surface area contributed by atoms with E-state index >= 15 is 0 Å². The minimum absolute atomic E-state index is 0.106. The van der Waals surface area contributed by atoms with Crippen molar-refractivity contribution in [1.82, 2.24) is 9.78 Å². The zero-order chi connectivity index (χ0) is 15.4.